The van der Waals surface area contributed by atoms with Crippen LogP contribution >= 0.6 is 0 Å². The third kappa shape index (κ3) is 6.36. The molecule has 1 aromatic carbocycles. The topological polar surface area (TPSA) is 104 Å². The first kappa shape index (κ1) is 27.2. The molecule has 2 N–H and O–H groups in total. The molecule has 0 bridgehead atoms. The molecule has 3 saturated heterocycles. The Morgan fingerprint density at radius 3 is 2.67 bits per heavy atom. The van der Waals surface area contributed by atoms with Gasteiger partial charge in [0.2, 0.25) is 0 Å². The summed E-state index contributed by atoms with van der Waals surface area (Å²) < 4.78 is 30.0. The molecule has 1 aromatic rings. The molecule has 0 amide bonds. The molecule has 36 heavy (non-hydrogen) atoms. The van der Waals surface area contributed by atoms with Gasteiger partial charge in [0.05, 0.1) is 49.8 Å². The average Bonchev–Trinajstić information content (AvgIpc) is 2.99. The van der Waals surface area contributed by atoms with E-state index in [1.165, 1.54) is 6.08 Å². The molecule has 0 unspecified atom stereocenters. The summed E-state index contributed by atoms with van der Waals surface area (Å²) in [5, 5.41) is 21.9. The van der Waals surface area contributed by atoms with Crippen molar-refractivity contribution in [1.29, 1.82) is 0 Å². The molecule has 3 aliphatic heterocycles. The van der Waals surface area contributed by atoms with Gasteiger partial charge in [-0.3, -0.25) is 0 Å². The molecule has 8 heteroatoms. The zero-order valence-electron chi connectivity index (χ0n) is 21.5. The molecular formula is C28H40O8. The van der Waals surface area contributed by atoms with Crippen LogP contribution in [0, 0.1) is 5.92 Å². The maximum Gasteiger partial charge on any atom is 0.330 e. The lowest BCUT2D eigenvalue weighted by Crippen LogP contribution is -2.61. The van der Waals surface area contributed by atoms with E-state index in [1.807, 2.05) is 37.3 Å². The lowest BCUT2D eigenvalue weighted by Gasteiger charge is -2.50. The summed E-state index contributed by atoms with van der Waals surface area (Å²) in [5.74, 6) is -0.571. The van der Waals surface area contributed by atoms with Crippen molar-refractivity contribution in [3.05, 3.63) is 48.0 Å². The van der Waals surface area contributed by atoms with Crippen LogP contribution in [0.1, 0.15) is 52.0 Å². The summed E-state index contributed by atoms with van der Waals surface area (Å²) >= 11 is 0. The van der Waals surface area contributed by atoms with Crippen LogP contribution < -0.4 is 0 Å². The van der Waals surface area contributed by atoms with Crippen LogP contribution in [-0.4, -0.2) is 77.7 Å². The van der Waals surface area contributed by atoms with E-state index in [1.54, 1.807) is 19.9 Å². The summed E-state index contributed by atoms with van der Waals surface area (Å²) in [4.78, 5) is 11.9. The lowest BCUT2D eigenvalue weighted by atomic mass is 9.82. The molecule has 0 aromatic heterocycles. The molecule has 0 radical (unpaired) electrons. The molecule has 9 atom stereocenters. The summed E-state index contributed by atoms with van der Waals surface area (Å²) in [6, 6.07) is 10.0. The van der Waals surface area contributed by atoms with Gasteiger partial charge >= 0.3 is 5.97 Å². The summed E-state index contributed by atoms with van der Waals surface area (Å²) in [7, 11) is 0. The molecule has 8 nitrogen and oxygen atoms in total. The Labute approximate surface area is 213 Å². The first-order valence-corrected chi connectivity index (χ1v) is 13.1. The number of aliphatic hydroxyl groups excluding tert-OH is 2. The van der Waals surface area contributed by atoms with Gasteiger partial charge in [0.15, 0.2) is 0 Å². The van der Waals surface area contributed by atoms with Crippen molar-refractivity contribution < 1.29 is 38.7 Å². The van der Waals surface area contributed by atoms with Gasteiger partial charge in [0.1, 0.15) is 11.7 Å². The van der Waals surface area contributed by atoms with Crippen molar-refractivity contribution in [2.75, 3.05) is 13.2 Å². The highest BCUT2D eigenvalue weighted by Crippen LogP contribution is 2.41. The highest BCUT2D eigenvalue weighted by Gasteiger charge is 2.52. The fourth-order valence-corrected chi connectivity index (χ4v) is 5.45. The second-order valence-electron chi connectivity index (χ2n) is 10.3. The highest BCUT2D eigenvalue weighted by molar-refractivity contribution is 5.82. The Hall–Kier alpha value is -1.81. The van der Waals surface area contributed by atoms with E-state index in [2.05, 4.69) is 0 Å². The standard InChI is InChI=1S/C28H40O8/c1-4-33-25(30)12-14-28(3)24(29)11-10-21-22(36-28)16-23-27(35-21)26(31)18(2)20(34-23)13-15-32-17-19-8-6-5-7-9-19/h5-9,12,14,18,20-24,26-27,29,31H,4,10-11,13,15-17H2,1-3H3/b14-12+/t18-,20+,21-,22+,23-,24+,26+,27-,28-/m1/s1. The predicted molar refractivity (Wildman–Crippen MR) is 132 cm³/mol. The fourth-order valence-electron chi connectivity index (χ4n) is 5.45. The first-order chi connectivity index (χ1) is 17.3. The fraction of sp³-hybridized carbons (Fsp3) is 0.679. The molecular weight excluding hydrogens is 464 g/mol. The van der Waals surface area contributed by atoms with Crippen LogP contribution in [0.15, 0.2) is 42.5 Å². The monoisotopic (exact) mass is 504 g/mol. The number of carbonyl (C=O) groups excluding carboxylic acids is 1. The van der Waals surface area contributed by atoms with E-state index < -0.39 is 29.9 Å². The van der Waals surface area contributed by atoms with Gasteiger partial charge in [0, 0.05) is 25.0 Å². The van der Waals surface area contributed by atoms with Gasteiger partial charge < -0.3 is 33.9 Å². The van der Waals surface area contributed by atoms with E-state index in [9.17, 15) is 15.0 Å². The zero-order valence-corrected chi connectivity index (χ0v) is 21.5. The molecule has 3 fully saturated rings. The minimum Gasteiger partial charge on any atom is -0.463 e. The Morgan fingerprint density at radius 1 is 1.14 bits per heavy atom. The molecule has 3 heterocycles. The molecule has 4 rings (SSSR count). The number of esters is 1. The predicted octanol–water partition coefficient (Wildman–Crippen LogP) is 2.93. The van der Waals surface area contributed by atoms with Crippen LogP contribution in [-0.2, 0) is 35.1 Å². The van der Waals surface area contributed by atoms with E-state index in [-0.39, 0.29) is 36.9 Å². The molecule has 0 spiro atoms. The molecule has 3 aliphatic rings. The van der Waals surface area contributed by atoms with Gasteiger partial charge in [-0.05, 0) is 44.7 Å². The average molecular weight is 505 g/mol. The van der Waals surface area contributed by atoms with Crippen LogP contribution in [0.5, 0.6) is 0 Å². The van der Waals surface area contributed by atoms with Gasteiger partial charge in [-0.25, -0.2) is 4.79 Å². The van der Waals surface area contributed by atoms with Gasteiger partial charge in [0.25, 0.3) is 0 Å². The van der Waals surface area contributed by atoms with Crippen molar-refractivity contribution in [3.8, 4) is 0 Å². The maximum atomic E-state index is 11.9. The SMILES string of the molecule is CCOC(=O)/C=C/[C@@]1(C)O[C@H]2C[C@H]3O[C@@H](CCOCc4ccccc4)[C@@H](C)[C@H](O)[C@@H]3O[C@@H]2CC[C@@H]1O. The largest absolute Gasteiger partial charge is 0.463 e. The minimum atomic E-state index is -1.06. The van der Waals surface area contributed by atoms with Gasteiger partial charge in [-0.2, -0.15) is 0 Å². The Balaban J connectivity index is 1.37. The van der Waals surface area contributed by atoms with Crippen molar-refractivity contribution in [2.24, 2.45) is 5.92 Å². The first-order valence-electron chi connectivity index (χ1n) is 13.1. The van der Waals surface area contributed by atoms with Gasteiger partial charge in [-0.15, -0.1) is 0 Å². The van der Waals surface area contributed by atoms with Crippen LogP contribution in [0.3, 0.4) is 0 Å². The number of rotatable bonds is 8. The number of benzene rings is 1. The zero-order chi connectivity index (χ0) is 25.7. The van der Waals surface area contributed by atoms with E-state index in [0.29, 0.717) is 38.9 Å². The number of ether oxygens (including phenoxy) is 5. The van der Waals surface area contributed by atoms with E-state index in [4.69, 9.17) is 23.7 Å². The lowest BCUT2D eigenvalue weighted by molar-refractivity contribution is -0.280. The molecule has 0 saturated carbocycles. The number of hydrogen-bond acceptors (Lipinski definition) is 8. The van der Waals surface area contributed by atoms with Crippen molar-refractivity contribution >= 4 is 5.97 Å². The minimum absolute atomic E-state index is 0.0989. The normalized spacial score (nSPS) is 38.7. The maximum absolute atomic E-state index is 11.9. The van der Waals surface area contributed by atoms with Crippen molar-refractivity contribution in [1.82, 2.24) is 0 Å². The van der Waals surface area contributed by atoms with Crippen LogP contribution in [0.25, 0.3) is 0 Å². The van der Waals surface area contributed by atoms with Crippen molar-refractivity contribution in [2.45, 2.75) is 101 Å². The molecule has 200 valence electrons. The van der Waals surface area contributed by atoms with Crippen molar-refractivity contribution in [3.63, 3.8) is 0 Å². The Kier molecular flexibility index (Phi) is 9.19. The number of hydrogen-bond donors (Lipinski definition) is 2. The molecule has 0 aliphatic carbocycles. The number of carbonyl (C=O) groups is 1. The quantitative estimate of drug-likeness (QED) is 0.316. The van der Waals surface area contributed by atoms with E-state index >= 15 is 0 Å². The third-order valence-corrected chi connectivity index (χ3v) is 7.68. The summed E-state index contributed by atoms with van der Waals surface area (Å²) in [6.07, 6.45) is 2.14. The highest BCUT2D eigenvalue weighted by atomic mass is 16.6. The van der Waals surface area contributed by atoms with Crippen LogP contribution in [0.4, 0.5) is 0 Å². The van der Waals surface area contributed by atoms with E-state index in [0.717, 1.165) is 5.56 Å². The summed E-state index contributed by atoms with van der Waals surface area (Å²) in [6.45, 7) is 6.85. The second-order valence-corrected chi connectivity index (χ2v) is 10.3. The number of aliphatic hydroxyl groups is 2. The third-order valence-electron chi connectivity index (χ3n) is 7.68. The Morgan fingerprint density at radius 2 is 1.92 bits per heavy atom. The van der Waals surface area contributed by atoms with Crippen LogP contribution in [0.2, 0.25) is 0 Å². The Bertz CT molecular complexity index is 876. The second kappa shape index (κ2) is 12.2. The smallest absolute Gasteiger partial charge is 0.330 e. The van der Waals surface area contributed by atoms with Gasteiger partial charge in [-0.1, -0.05) is 37.3 Å². The summed E-state index contributed by atoms with van der Waals surface area (Å²) in [5.41, 5.74) is 0.0582. The number of fused-ring (bicyclic) bond motifs is 2.